The third-order valence-electron chi connectivity index (χ3n) is 4.67. The zero-order chi connectivity index (χ0) is 23.5. The number of rotatable bonds is 10. The van der Waals surface area contributed by atoms with Crippen LogP contribution in [0.3, 0.4) is 0 Å². The first kappa shape index (κ1) is 23.5. The fourth-order valence-electron chi connectivity index (χ4n) is 2.93. The highest BCUT2D eigenvalue weighted by atomic mass is 16.5. The average Bonchev–Trinajstić information content (AvgIpc) is 2.85. The molecule has 7 nitrogen and oxygen atoms in total. The Morgan fingerprint density at radius 3 is 2.18 bits per heavy atom. The number of amides is 1. The number of nitrogens with one attached hydrogen (secondary N) is 1. The Morgan fingerprint density at radius 1 is 0.909 bits per heavy atom. The number of hydrazone groups is 1. The third-order valence-corrected chi connectivity index (χ3v) is 4.67. The van der Waals surface area contributed by atoms with E-state index in [9.17, 15) is 9.59 Å². The van der Waals surface area contributed by atoms with Crippen LogP contribution in [0.5, 0.6) is 17.2 Å². The van der Waals surface area contributed by atoms with Crippen LogP contribution in [-0.2, 0) is 4.79 Å². The number of esters is 1. The molecular weight excluding hydrogens is 420 g/mol. The maximum Gasteiger partial charge on any atom is 0.343 e. The smallest absolute Gasteiger partial charge is 0.343 e. The summed E-state index contributed by atoms with van der Waals surface area (Å²) in [6.07, 6.45) is 2.17. The zero-order valence-electron chi connectivity index (χ0n) is 18.6. The number of carbonyl (C=O) groups excluding carboxylic acids is 2. The van der Waals surface area contributed by atoms with Crippen LogP contribution in [0.15, 0.2) is 84.0 Å². The van der Waals surface area contributed by atoms with E-state index in [-0.39, 0.29) is 5.91 Å². The lowest BCUT2D eigenvalue weighted by Gasteiger charge is -2.17. The Kier molecular flexibility index (Phi) is 8.59. The van der Waals surface area contributed by atoms with Crippen LogP contribution in [0.2, 0.25) is 0 Å². The van der Waals surface area contributed by atoms with E-state index in [1.54, 1.807) is 79.9 Å². The normalized spacial score (nSPS) is 11.6. The molecule has 3 rings (SSSR count). The molecule has 33 heavy (non-hydrogen) atoms. The fourth-order valence-corrected chi connectivity index (χ4v) is 2.93. The summed E-state index contributed by atoms with van der Waals surface area (Å²) in [6, 6.07) is 22.6. The SMILES string of the molecule is CCCC(Oc1ccc(OC)cc1)C(=O)NN=Cc1ccc(OC(=O)c2ccccc2)cc1. The maximum absolute atomic E-state index is 12.5. The summed E-state index contributed by atoms with van der Waals surface area (Å²) in [6.45, 7) is 1.98. The van der Waals surface area contributed by atoms with E-state index in [1.165, 1.54) is 6.21 Å². The van der Waals surface area contributed by atoms with Crippen LogP contribution >= 0.6 is 0 Å². The van der Waals surface area contributed by atoms with Gasteiger partial charge in [0.05, 0.1) is 18.9 Å². The van der Waals surface area contributed by atoms with E-state index in [1.807, 2.05) is 13.0 Å². The number of hydrogen-bond acceptors (Lipinski definition) is 6. The number of ether oxygens (including phenoxy) is 3. The molecule has 0 aliphatic heterocycles. The lowest BCUT2D eigenvalue weighted by atomic mass is 10.2. The van der Waals surface area contributed by atoms with Crippen LogP contribution < -0.4 is 19.6 Å². The number of benzene rings is 3. The first-order valence-electron chi connectivity index (χ1n) is 10.6. The summed E-state index contributed by atoms with van der Waals surface area (Å²) in [5.74, 6) is 0.944. The van der Waals surface area contributed by atoms with Crippen molar-refractivity contribution >= 4 is 18.1 Å². The van der Waals surface area contributed by atoms with Crippen LogP contribution in [0.4, 0.5) is 0 Å². The highest BCUT2D eigenvalue weighted by Crippen LogP contribution is 2.19. The third kappa shape index (κ3) is 7.21. The molecule has 1 N–H and O–H groups in total. The topological polar surface area (TPSA) is 86.2 Å². The van der Waals surface area contributed by atoms with Gasteiger partial charge in [-0.25, -0.2) is 10.2 Å². The Hall–Kier alpha value is -4.13. The predicted octanol–water partition coefficient (Wildman–Crippen LogP) is 4.61. The van der Waals surface area contributed by atoms with E-state index >= 15 is 0 Å². The molecule has 0 aromatic heterocycles. The Labute approximate surface area is 193 Å². The van der Waals surface area contributed by atoms with Crippen molar-refractivity contribution < 1.29 is 23.8 Å². The molecule has 0 radical (unpaired) electrons. The monoisotopic (exact) mass is 446 g/mol. The van der Waals surface area contributed by atoms with Crippen LogP contribution in [0.25, 0.3) is 0 Å². The molecule has 3 aromatic rings. The van der Waals surface area contributed by atoms with Crippen LogP contribution in [0, 0.1) is 0 Å². The molecule has 0 fully saturated rings. The molecule has 0 aliphatic rings. The summed E-state index contributed by atoms with van der Waals surface area (Å²) in [5, 5.41) is 4.02. The van der Waals surface area contributed by atoms with Crippen molar-refractivity contribution in [3.8, 4) is 17.2 Å². The minimum atomic E-state index is -0.666. The molecule has 0 bridgehead atoms. The first-order chi connectivity index (χ1) is 16.1. The fraction of sp³-hybridized carbons (Fsp3) is 0.192. The predicted molar refractivity (Wildman–Crippen MR) is 126 cm³/mol. The standard InChI is InChI=1S/C26H26N2O5/c1-3-7-24(32-22-16-14-21(31-2)15-17-22)25(29)28-27-18-19-10-12-23(13-11-19)33-26(30)20-8-5-4-6-9-20/h4-6,8-18,24H,3,7H2,1-2H3,(H,28,29). The van der Waals surface area contributed by atoms with Crippen LogP contribution in [-0.4, -0.2) is 31.3 Å². The molecule has 1 amide bonds. The number of hydrogen-bond donors (Lipinski definition) is 1. The van der Waals surface area contributed by atoms with Gasteiger partial charge in [-0.15, -0.1) is 0 Å². The van der Waals surface area contributed by atoms with Crippen molar-refractivity contribution in [3.63, 3.8) is 0 Å². The Morgan fingerprint density at radius 2 is 1.55 bits per heavy atom. The summed E-state index contributed by atoms with van der Waals surface area (Å²) in [5.41, 5.74) is 3.73. The van der Waals surface area contributed by atoms with Crippen LogP contribution in [0.1, 0.15) is 35.7 Å². The molecule has 0 saturated heterocycles. The van der Waals surface area contributed by atoms with Gasteiger partial charge >= 0.3 is 5.97 Å². The minimum absolute atomic E-state index is 0.336. The maximum atomic E-state index is 12.5. The van der Waals surface area contributed by atoms with Gasteiger partial charge < -0.3 is 14.2 Å². The molecule has 3 aromatic carbocycles. The van der Waals surface area contributed by atoms with Crippen molar-refractivity contribution in [1.29, 1.82) is 0 Å². The van der Waals surface area contributed by atoms with Crippen molar-refractivity contribution in [2.24, 2.45) is 5.10 Å². The summed E-state index contributed by atoms with van der Waals surface area (Å²) in [7, 11) is 1.59. The summed E-state index contributed by atoms with van der Waals surface area (Å²) in [4.78, 5) is 24.6. The molecular formula is C26H26N2O5. The van der Waals surface area contributed by atoms with Gasteiger partial charge in [-0.3, -0.25) is 4.79 Å². The summed E-state index contributed by atoms with van der Waals surface area (Å²) >= 11 is 0. The average molecular weight is 447 g/mol. The number of carbonyl (C=O) groups is 2. The molecule has 1 unspecified atom stereocenters. The first-order valence-corrected chi connectivity index (χ1v) is 10.6. The van der Waals surface area contributed by atoms with Gasteiger partial charge in [0, 0.05) is 0 Å². The summed E-state index contributed by atoms with van der Waals surface area (Å²) < 4.78 is 16.3. The van der Waals surface area contributed by atoms with Gasteiger partial charge in [0.25, 0.3) is 5.91 Å². The molecule has 1 atom stereocenters. The van der Waals surface area contributed by atoms with E-state index in [4.69, 9.17) is 14.2 Å². The lowest BCUT2D eigenvalue weighted by Crippen LogP contribution is -2.35. The molecule has 7 heteroatoms. The van der Waals surface area contributed by atoms with Crippen molar-refractivity contribution in [1.82, 2.24) is 5.43 Å². The second kappa shape index (κ2) is 12.0. The van der Waals surface area contributed by atoms with Gasteiger partial charge in [0.15, 0.2) is 6.10 Å². The molecule has 0 aliphatic carbocycles. The van der Waals surface area contributed by atoms with Gasteiger partial charge in [0.1, 0.15) is 17.2 Å². The molecule has 170 valence electrons. The second-order valence-corrected chi connectivity index (χ2v) is 7.13. The Balaban J connectivity index is 1.53. The zero-order valence-corrected chi connectivity index (χ0v) is 18.6. The van der Waals surface area contributed by atoms with Crippen molar-refractivity contribution in [3.05, 3.63) is 90.0 Å². The van der Waals surface area contributed by atoms with Crippen molar-refractivity contribution in [2.75, 3.05) is 7.11 Å². The molecule has 0 saturated carbocycles. The van der Waals surface area contributed by atoms with E-state index in [2.05, 4.69) is 10.5 Å². The van der Waals surface area contributed by atoms with Gasteiger partial charge in [-0.1, -0.05) is 31.5 Å². The van der Waals surface area contributed by atoms with E-state index < -0.39 is 12.1 Å². The van der Waals surface area contributed by atoms with E-state index in [0.29, 0.717) is 29.2 Å². The quantitative estimate of drug-likeness (QED) is 0.213. The van der Waals surface area contributed by atoms with Crippen molar-refractivity contribution in [2.45, 2.75) is 25.9 Å². The van der Waals surface area contributed by atoms with Gasteiger partial charge in [-0.05, 0) is 72.6 Å². The highest BCUT2D eigenvalue weighted by Gasteiger charge is 2.19. The molecule has 0 spiro atoms. The Bertz CT molecular complexity index is 1060. The minimum Gasteiger partial charge on any atom is -0.497 e. The van der Waals surface area contributed by atoms with Gasteiger partial charge in [0.2, 0.25) is 0 Å². The van der Waals surface area contributed by atoms with E-state index in [0.717, 1.165) is 12.0 Å². The second-order valence-electron chi connectivity index (χ2n) is 7.13. The van der Waals surface area contributed by atoms with Gasteiger partial charge in [-0.2, -0.15) is 5.10 Å². The number of methoxy groups -OCH3 is 1. The highest BCUT2D eigenvalue weighted by molar-refractivity contribution is 5.91. The number of nitrogens with zero attached hydrogens (tertiary/aromatic N) is 1. The lowest BCUT2D eigenvalue weighted by molar-refractivity contribution is -0.128. The molecule has 0 heterocycles. The largest absolute Gasteiger partial charge is 0.497 e.